The maximum atomic E-state index is 7.59. The second-order valence-electron chi connectivity index (χ2n) is 1.39. The summed E-state index contributed by atoms with van der Waals surface area (Å²) in [6, 6.07) is 0. The molecule has 0 aliphatic rings. The second kappa shape index (κ2) is 7.00. The molecule has 0 aromatic carbocycles. The molecular formula is C8H18. The summed E-state index contributed by atoms with van der Waals surface area (Å²) in [4.78, 5) is 0. The zero-order valence-corrected chi connectivity index (χ0v) is 4.99. The van der Waals surface area contributed by atoms with Gasteiger partial charge >= 0.3 is 0 Å². The van der Waals surface area contributed by atoms with E-state index in [1.807, 2.05) is 0 Å². The fraction of sp³-hybridized carbons (Fsp3) is 1.00. The molecule has 0 amide bonds. The molecule has 0 spiro atoms. The van der Waals surface area contributed by atoms with Crippen molar-refractivity contribution >= 4 is 0 Å². The van der Waals surface area contributed by atoms with E-state index in [1.54, 1.807) is 6.92 Å². The Labute approximate surface area is 67.3 Å². The minimum Gasteiger partial charge on any atom is -0.0654 e. The molecule has 0 heterocycles. The minimum atomic E-state index is -3.36. The first-order valence-corrected chi connectivity index (χ1v) is 2.65. The SMILES string of the molecule is [2H]C(CCC)C([2H])([2H])C([2H])([2H])C([2H])([2H])C([2H])([2H])[2H]. The van der Waals surface area contributed by atoms with Crippen LogP contribution in [-0.4, -0.2) is 0 Å². The highest BCUT2D eigenvalue weighted by atomic mass is 13.9. The highest BCUT2D eigenvalue weighted by Crippen LogP contribution is 2.03. The van der Waals surface area contributed by atoms with Gasteiger partial charge in [0.25, 0.3) is 0 Å². The van der Waals surface area contributed by atoms with E-state index >= 15 is 0 Å². The molecule has 0 saturated heterocycles. The van der Waals surface area contributed by atoms with E-state index in [0.717, 1.165) is 0 Å². The Balaban J connectivity index is 5.49. The van der Waals surface area contributed by atoms with Crippen molar-refractivity contribution in [1.82, 2.24) is 0 Å². The van der Waals surface area contributed by atoms with Crippen LogP contribution in [0.4, 0.5) is 0 Å². The van der Waals surface area contributed by atoms with Crippen molar-refractivity contribution in [3.8, 4) is 0 Å². The average molecular weight is 124 g/mol. The number of hydrogen-bond acceptors (Lipinski definition) is 0. The molecule has 0 N–H and O–H groups in total. The highest BCUT2D eigenvalue weighted by Gasteiger charge is 1.83. The third-order valence-electron chi connectivity index (χ3n) is 0.670. The van der Waals surface area contributed by atoms with Crippen LogP contribution in [0.1, 0.15) is 65.8 Å². The third kappa shape index (κ3) is 6.00. The Kier molecular flexibility index (Phi) is 1.19. The lowest BCUT2D eigenvalue weighted by atomic mass is 10.1. The van der Waals surface area contributed by atoms with Gasteiger partial charge in [-0.3, -0.25) is 0 Å². The van der Waals surface area contributed by atoms with E-state index in [9.17, 15) is 0 Å². The molecule has 50 valence electrons. The first kappa shape index (κ1) is 1.36. The van der Waals surface area contributed by atoms with E-state index in [4.69, 9.17) is 13.7 Å². The molecule has 0 aliphatic carbocycles. The van der Waals surface area contributed by atoms with Crippen molar-refractivity contribution in [1.29, 1.82) is 0 Å². The molecule has 0 saturated carbocycles. The van der Waals surface area contributed by atoms with Crippen LogP contribution >= 0.6 is 0 Å². The Hall–Kier alpha value is 0. The molecule has 0 fully saturated rings. The summed E-state index contributed by atoms with van der Waals surface area (Å²) in [7, 11) is 0. The molecule has 1 atom stereocenters. The lowest BCUT2D eigenvalue weighted by Gasteiger charge is -1.93. The fourth-order valence-electron chi connectivity index (χ4n) is 0.304. The van der Waals surface area contributed by atoms with Crippen molar-refractivity contribution in [2.24, 2.45) is 0 Å². The van der Waals surface area contributed by atoms with Crippen LogP contribution in [-0.2, 0) is 0 Å². The molecule has 0 rings (SSSR count). The highest BCUT2D eigenvalue weighted by molar-refractivity contribution is 4.39. The molecule has 0 heteroatoms. The fourth-order valence-corrected chi connectivity index (χ4v) is 0.304. The summed E-state index contributed by atoms with van der Waals surface area (Å²) in [5.74, 6) is 0. The predicted molar refractivity (Wildman–Crippen MR) is 39.1 cm³/mol. The topological polar surface area (TPSA) is 0 Å². The van der Waals surface area contributed by atoms with E-state index in [-0.39, 0.29) is 6.42 Å². The van der Waals surface area contributed by atoms with Crippen LogP contribution in [0.5, 0.6) is 0 Å². The van der Waals surface area contributed by atoms with Crippen molar-refractivity contribution in [2.75, 3.05) is 0 Å². The van der Waals surface area contributed by atoms with Gasteiger partial charge in [-0.15, -0.1) is 0 Å². The van der Waals surface area contributed by atoms with Crippen LogP contribution in [0.2, 0.25) is 0 Å². The lowest BCUT2D eigenvalue weighted by molar-refractivity contribution is 0.624. The van der Waals surface area contributed by atoms with Crippen LogP contribution in [0.3, 0.4) is 0 Å². The van der Waals surface area contributed by atoms with Gasteiger partial charge in [0.05, 0.1) is 0 Å². The smallest absolute Gasteiger partial charge is 0.0267 e. The van der Waals surface area contributed by atoms with Crippen molar-refractivity contribution in [3.63, 3.8) is 0 Å². The molecule has 0 aromatic rings. The Morgan fingerprint density at radius 3 is 3.00 bits per heavy atom. The monoisotopic (exact) mass is 124 g/mol. The summed E-state index contributed by atoms with van der Waals surface area (Å²) >= 11 is 0. The summed E-state index contributed by atoms with van der Waals surface area (Å²) < 4.78 is 73.5. The van der Waals surface area contributed by atoms with Gasteiger partial charge in [0.15, 0.2) is 0 Å². The van der Waals surface area contributed by atoms with Crippen LogP contribution in [0, 0.1) is 0 Å². The number of hydrogen-bond donors (Lipinski definition) is 0. The maximum Gasteiger partial charge on any atom is 0.0267 e. The van der Waals surface area contributed by atoms with Crippen molar-refractivity contribution < 1.29 is 13.7 Å². The van der Waals surface area contributed by atoms with Gasteiger partial charge in [-0.25, -0.2) is 0 Å². The van der Waals surface area contributed by atoms with Gasteiger partial charge < -0.3 is 0 Å². The van der Waals surface area contributed by atoms with E-state index in [2.05, 4.69) is 0 Å². The molecule has 8 heavy (non-hydrogen) atoms. The summed E-state index contributed by atoms with van der Waals surface area (Å²) in [6.45, 7) is -1.61. The number of rotatable bonds is 5. The molecule has 0 nitrogen and oxygen atoms in total. The Morgan fingerprint density at radius 2 is 2.38 bits per heavy atom. The van der Waals surface area contributed by atoms with Gasteiger partial charge in [0.2, 0.25) is 0 Å². The van der Waals surface area contributed by atoms with Crippen LogP contribution in [0.25, 0.3) is 0 Å². The van der Waals surface area contributed by atoms with Crippen LogP contribution < -0.4 is 0 Å². The first-order valence-electron chi connectivity index (χ1n) is 7.73. The normalized spacial score (nSPS) is 39.1. The van der Waals surface area contributed by atoms with Gasteiger partial charge in [-0.05, 0) is 0 Å². The van der Waals surface area contributed by atoms with E-state index in [1.165, 1.54) is 0 Å². The Bertz CT molecular complexity index is 278. The van der Waals surface area contributed by atoms with Gasteiger partial charge in [0, 0.05) is 13.7 Å². The molecule has 0 bridgehead atoms. The van der Waals surface area contributed by atoms with Crippen molar-refractivity contribution in [2.45, 2.75) is 52.1 Å². The zero-order chi connectivity index (χ0) is 15.0. The summed E-state index contributed by atoms with van der Waals surface area (Å²) in [5.41, 5.74) is 0. The van der Waals surface area contributed by atoms with Crippen LogP contribution in [0.15, 0.2) is 0 Å². The molecule has 1 unspecified atom stereocenters. The average Bonchev–Trinajstić information content (AvgIpc) is 2.15. The predicted octanol–water partition coefficient (Wildman–Crippen LogP) is 3.37. The minimum absolute atomic E-state index is 0.0313. The van der Waals surface area contributed by atoms with Gasteiger partial charge in [0.1, 0.15) is 0 Å². The van der Waals surface area contributed by atoms with Crippen molar-refractivity contribution in [3.05, 3.63) is 0 Å². The third-order valence-corrected chi connectivity index (χ3v) is 0.670. The quantitative estimate of drug-likeness (QED) is 0.527. The molecule has 0 aromatic heterocycles. The molecule has 0 aliphatic heterocycles. The molecular weight excluding hydrogens is 96.1 g/mol. The first-order chi connectivity index (χ1) is 7.73. The standard InChI is InChI=1S/C8H18/c1-3-5-7-8-6-4-2/h3-8H2,1-2H3/i1D3,3D2,5D2,7D2,8D. The lowest BCUT2D eigenvalue weighted by Crippen LogP contribution is -1.73. The molecule has 0 radical (unpaired) electrons. The van der Waals surface area contributed by atoms with Gasteiger partial charge in [-0.2, -0.15) is 0 Å². The van der Waals surface area contributed by atoms with E-state index in [0.29, 0.717) is 6.42 Å². The summed E-state index contributed by atoms with van der Waals surface area (Å²) in [5, 5.41) is 0. The largest absolute Gasteiger partial charge is 0.0654 e. The maximum absolute atomic E-state index is 7.59. The zero-order valence-electron chi connectivity index (χ0n) is 15.0. The van der Waals surface area contributed by atoms with Gasteiger partial charge in [-0.1, -0.05) is 52.1 Å². The Morgan fingerprint density at radius 1 is 1.50 bits per heavy atom. The second-order valence-corrected chi connectivity index (χ2v) is 1.39. The summed E-state index contributed by atoms with van der Waals surface area (Å²) in [6.07, 6.45) is -10.6. The van der Waals surface area contributed by atoms with E-state index < -0.39 is 32.4 Å².